The Hall–Kier alpha value is -2.42. The Bertz CT molecular complexity index is 954. The van der Waals surface area contributed by atoms with Crippen LogP contribution in [0.3, 0.4) is 0 Å². The summed E-state index contributed by atoms with van der Waals surface area (Å²) in [5.74, 6) is 0. The molecular formula is C21H22N4S. The van der Waals surface area contributed by atoms with Gasteiger partial charge in [0.2, 0.25) is 0 Å². The molecule has 0 amide bonds. The van der Waals surface area contributed by atoms with E-state index in [1.165, 1.54) is 16.7 Å². The molecule has 1 unspecified atom stereocenters. The van der Waals surface area contributed by atoms with E-state index < -0.39 is 0 Å². The maximum absolute atomic E-state index is 8.95. The number of aromatic nitrogens is 1. The molecule has 2 aromatic carbocycles. The summed E-state index contributed by atoms with van der Waals surface area (Å²) in [6.45, 7) is 5.45. The average molecular weight is 363 g/mol. The summed E-state index contributed by atoms with van der Waals surface area (Å²) >= 11 is 1.78. The van der Waals surface area contributed by atoms with Gasteiger partial charge in [-0.15, -0.1) is 0 Å². The molecule has 0 aliphatic carbocycles. The van der Waals surface area contributed by atoms with Crippen LogP contribution in [0.4, 0.5) is 5.13 Å². The van der Waals surface area contributed by atoms with Gasteiger partial charge in [-0.25, -0.2) is 4.98 Å². The number of fused-ring (bicyclic) bond motifs is 1. The minimum absolute atomic E-state index is 0.626. The summed E-state index contributed by atoms with van der Waals surface area (Å²) in [6, 6.07) is 17.0. The van der Waals surface area contributed by atoms with Gasteiger partial charge in [0, 0.05) is 19.1 Å². The number of thiazole rings is 1. The minimum atomic E-state index is 0.626. The van der Waals surface area contributed by atoms with E-state index >= 15 is 0 Å². The molecule has 0 N–H and O–H groups in total. The molecule has 0 radical (unpaired) electrons. The Morgan fingerprint density at radius 1 is 1.23 bits per heavy atom. The quantitative estimate of drug-likeness (QED) is 0.691. The summed E-state index contributed by atoms with van der Waals surface area (Å²) in [6.07, 6.45) is 1.21. The van der Waals surface area contributed by atoms with Crippen LogP contribution in [0, 0.1) is 11.3 Å². The first-order valence-corrected chi connectivity index (χ1v) is 9.86. The van der Waals surface area contributed by atoms with E-state index in [1.807, 2.05) is 24.3 Å². The van der Waals surface area contributed by atoms with Crippen LogP contribution in [-0.4, -0.2) is 42.6 Å². The van der Waals surface area contributed by atoms with E-state index in [0.717, 1.165) is 35.8 Å². The van der Waals surface area contributed by atoms with Crippen LogP contribution in [0.1, 0.15) is 18.9 Å². The first-order chi connectivity index (χ1) is 12.7. The van der Waals surface area contributed by atoms with E-state index in [9.17, 15) is 0 Å². The molecule has 1 aliphatic heterocycles. The number of nitriles is 1. The van der Waals surface area contributed by atoms with Crippen LogP contribution in [0.5, 0.6) is 0 Å². The molecular weight excluding hydrogens is 340 g/mol. The van der Waals surface area contributed by atoms with Gasteiger partial charge in [0.15, 0.2) is 5.13 Å². The van der Waals surface area contributed by atoms with Crippen LogP contribution < -0.4 is 4.90 Å². The second kappa shape index (κ2) is 7.06. The SMILES string of the molecule is CCN(C)C1CCN(c2nc3ccc(-c4ccc(C#N)cc4)cc3s2)C1. The molecule has 132 valence electrons. The van der Waals surface area contributed by atoms with Crippen LogP contribution in [0.2, 0.25) is 0 Å². The van der Waals surface area contributed by atoms with Crippen molar-refractivity contribution in [2.24, 2.45) is 0 Å². The second-order valence-corrected chi connectivity index (χ2v) is 7.84. The first kappa shape index (κ1) is 17.0. The smallest absolute Gasteiger partial charge is 0.186 e. The van der Waals surface area contributed by atoms with Gasteiger partial charge >= 0.3 is 0 Å². The maximum Gasteiger partial charge on any atom is 0.186 e. The Kier molecular flexibility index (Phi) is 4.62. The summed E-state index contributed by atoms with van der Waals surface area (Å²) in [5.41, 5.74) is 4.05. The highest BCUT2D eigenvalue weighted by Gasteiger charge is 2.26. The van der Waals surface area contributed by atoms with Gasteiger partial charge in [-0.2, -0.15) is 5.26 Å². The molecule has 26 heavy (non-hydrogen) atoms. The van der Waals surface area contributed by atoms with Crippen LogP contribution >= 0.6 is 11.3 Å². The molecule has 4 nitrogen and oxygen atoms in total. The molecule has 1 atom stereocenters. The fourth-order valence-corrected chi connectivity index (χ4v) is 4.54. The monoisotopic (exact) mass is 362 g/mol. The van der Waals surface area contributed by atoms with Crippen LogP contribution in [0.15, 0.2) is 42.5 Å². The maximum atomic E-state index is 8.95. The van der Waals surface area contributed by atoms with Gasteiger partial charge in [0.25, 0.3) is 0 Å². The molecule has 3 aromatic rings. The largest absolute Gasteiger partial charge is 0.346 e. The molecule has 0 saturated carbocycles. The third-order valence-electron chi connectivity index (χ3n) is 5.28. The van der Waals surface area contributed by atoms with Gasteiger partial charge in [0.1, 0.15) is 0 Å². The highest BCUT2D eigenvalue weighted by molar-refractivity contribution is 7.22. The van der Waals surface area contributed by atoms with Crippen LogP contribution in [-0.2, 0) is 0 Å². The topological polar surface area (TPSA) is 43.2 Å². The lowest BCUT2D eigenvalue weighted by Crippen LogP contribution is -2.34. The summed E-state index contributed by atoms with van der Waals surface area (Å²) < 4.78 is 1.22. The third-order valence-corrected chi connectivity index (χ3v) is 6.36. The molecule has 1 fully saturated rings. The number of likely N-dealkylation sites (N-methyl/N-ethyl adjacent to an activating group) is 1. The normalized spacial score (nSPS) is 17.2. The Balaban J connectivity index is 1.59. The van der Waals surface area contributed by atoms with Crippen molar-refractivity contribution in [1.29, 1.82) is 5.26 Å². The second-order valence-electron chi connectivity index (χ2n) is 6.83. The third kappa shape index (κ3) is 3.18. The lowest BCUT2D eigenvalue weighted by Gasteiger charge is -2.22. The van der Waals surface area contributed by atoms with Crippen molar-refractivity contribution in [2.45, 2.75) is 19.4 Å². The molecule has 0 bridgehead atoms. The molecule has 4 rings (SSSR count). The lowest BCUT2D eigenvalue weighted by molar-refractivity contribution is 0.272. The molecule has 5 heteroatoms. The van der Waals surface area contributed by atoms with Crippen molar-refractivity contribution in [3.8, 4) is 17.2 Å². The summed E-state index contributed by atoms with van der Waals surface area (Å²) in [4.78, 5) is 9.71. The highest BCUT2D eigenvalue weighted by atomic mass is 32.1. The predicted molar refractivity (Wildman–Crippen MR) is 109 cm³/mol. The summed E-state index contributed by atoms with van der Waals surface area (Å²) in [5, 5.41) is 10.1. The zero-order valence-electron chi connectivity index (χ0n) is 15.1. The lowest BCUT2D eigenvalue weighted by atomic mass is 10.0. The molecule has 1 aromatic heterocycles. The standard InChI is InChI=1S/C21H22N4S/c1-3-24(2)18-10-11-25(14-18)21-23-19-9-8-17(12-20(19)26-21)16-6-4-15(13-22)5-7-16/h4-9,12,18H,3,10-11,14H2,1-2H3. The Morgan fingerprint density at radius 3 is 2.73 bits per heavy atom. The predicted octanol–water partition coefficient (Wildman–Crippen LogP) is 4.37. The zero-order valence-corrected chi connectivity index (χ0v) is 16.0. The molecule has 1 aliphatic rings. The molecule has 0 spiro atoms. The fraction of sp³-hybridized carbons (Fsp3) is 0.333. The molecule has 1 saturated heterocycles. The zero-order chi connectivity index (χ0) is 18.1. The van der Waals surface area contributed by atoms with Gasteiger partial charge in [-0.3, -0.25) is 0 Å². The highest BCUT2D eigenvalue weighted by Crippen LogP contribution is 2.34. The Labute approximate surface area is 158 Å². The van der Waals surface area contributed by atoms with Gasteiger partial charge in [0.05, 0.1) is 21.8 Å². The van der Waals surface area contributed by atoms with Crippen molar-refractivity contribution >= 4 is 26.7 Å². The number of anilines is 1. The average Bonchev–Trinajstić information content (AvgIpc) is 3.33. The van der Waals surface area contributed by atoms with Crippen molar-refractivity contribution in [3.05, 3.63) is 48.0 Å². The van der Waals surface area contributed by atoms with Gasteiger partial charge in [-0.05, 0) is 55.4 Å². The number of rotatable bonds is 4. The van der Waals surface area contributed by atoms with Crippen molar-refractivity contribution in [1.82, 2.24) is 9.88 Å². The first-order valence-electron chi connectivity index (χ1n) is 9.04. The van der Waals surface area contributed by atoms with E-state index in [-0.39, 0.29) is 0 Å². The summed E-state index contributed by atoms with van der Waals surface area (Å²) in [7, 11) is 2.20. The number of hydrogen-bond acceptors (Lipinski definition) is 5. The Morgan fingerprint density at radius 2 is 2.00 bits per heavy atom. The fourth-order valence-electron chi connectivity index (χ4n) is 3.50. The van der Waals surface area contributed by atoms with Crippen molar-refractivity contribution in [2.75, 3.05) is 31.6 Å². The number of nitrogens with zero attached hydrogens (tertiary/aromatic N) is 4. The number of benzene rings is 2. The molecule has 2 heterocycles. The minimum Gasteiger partial charge on any atom is -0.346 e. The van der Waals surface area contributed by atoms with E-state index in [4.69, 9.17) is 10.2 Å². The number of hydrogen-bond donors (Lipinski definition) is 0. The van der Waals surface area contributed by atoms with E-state index in [0.29, 0.717) is 11.6 Å². The van der Waals surface area contributed by atoms with Gasteiger partial charge < -0.3 is 9.80 Å². The van der Waals surface area contributed by atoms with E-state index in [1.54, 1.807) is 11.3 Å². The van der Waals surface area contributed by atoms with E-state index in [2.05, 4.69) is 48.0 Å². The van der Waals surface area contributed by atoms with Crippen molar-refractivity contribution in [3.63, 3.8) is 0 Å². The van der Waals surface area contributed by atoms with Crippen molar-refractivity contribution < 1.29 is 0 Å². The van der Waals surface area contributed by atoms with Gasteiger partial charge in [-0.1, -0.05) is 36.5 Å². The van der Waals surface area contributed by atoms with Crippen LogP contribution in [0.25, 0.3) is 21.3 Å².